The van der Waals surface area contributed by atoms with Crippen LogP contribution >= 0.6 is 0 Å². The molecule has 16 heavy (non-hydrogen) atoms. The van der Waals surface area contributed by atoms with Gasteiger partial charge in [0.15, 0.2) is 0 Å². The van der Waals surface area contributed by atoms with E-state index in [-0.39, 0.29) is 6.10 Å². The molecule has 90 valence electrons. The third-order valence-electron chi connectivity index (χ3n) is 2.95. The van der Waals surface area contributed by atoms with Gasteiger partial charge in [-0.25, -0.2) is 0 Å². The largest absolute Gasteiger partial charge is 0.490 e. The van der Waals surface area contributed by atoms with Gasteiger partial charge in [0, 0.05) is 11.6 Å². The van der Waals surface area contributed by atoms with Crippen LogP contribution in [0.4, 0.5) is 0 Å². The van der Waals surface area contributed by atoms with Gasteiger partial charge in [0.1, 0.15) is 5.75 Å². The van der Waals surface area contributed by atoms with Crippen molar-refractivity contribution >= 4 is 0 Å². The highest BCUT2D eigenvalue weighted by molar-refractivity contribution is 5.36. The monoisotopic (exact) mass is 221 g/mol. The Morgan fingerprint density at radius 3 is 2.44 bits per heavy atom. The summed E-state index contributed by atoms with van der Waals surface area (Å²) in [5, 5.41) is 3.32. The fraction of sp³-hybridized carbons (Fsp3) is 0.571. The molecule has 0 radical (unpaired) electrons. The predicted octanol–water partition coefficient (Wildman–Crippen LogP) is 3.53. The van der Waals surface area contributed by atoms with E-state index < -0.39 is 0 Å². The Morgan fingerprint density at radius 2 is 1.88 bits per heavy atom. The molecule has 0 aromatic heterocycles. The Hall–Kier alpha value is -1.02. The van der Waals surface area contributed by atoms with Gasteiger partial charge >= 0.3 is 0 Å². The van der Waals surface area contributed by atoms with Gasteiger partial charge in [0.2, 0.25) is 0 Å². The Morgan fingerprint density at radius 1 is 1.19 bits per heavy atom. The third-order valence-corrected chi connectivity index (χ3v) is 2.95. The Balaban J connectivity index is 2.90. The maximum atomic E-state index is 5.94. The summed E-state index contributed by atoms with van der Waals surface area (Å²) in [7, 11) is 1.99. The molecule has 0 amide bonds. The van der Waals surface area contributed by atoms with Gasteiger partial charge in [-0.2, -0.15) is 0 Å². The summed E-state index contributed by atoms with van der Waals surface area (Å²) >= 11 is 0. The van der Waals surface area contributed by atoms with Gasteiger partial charge < -0.3 is 10.1 Å². The minimum absolute atomic E-state index is 0.274. The first-order chi connectivity index (χ1) is 7.72. The van der Waals surface area contributed by atoms with Crippen molar-refractivity contribution < 1.29 is 4.74 Å². The molecule has 1 aromatic carbocycles. The maximum Gasteiger partial charge on any atom is 0.124 e. The molecule has 1 N–H and O–H groups in total. The van der Waals surface area contributed by atoms with Crippen LogP contribution in [0.1, 0.15) is 45.2 Å². The molecule has 2 atom stereocenters. The zero-order valence-electron chi connectivity index (χ0n) is 10.8. The Kier molecular flexibility index (Phi) is 5.33. The SMILES string of the molecule is CCC(C)Oc1ccccc1C(CC)NC. The lowest BCUT2D eigenvalue weighted by Crippen LogP contribution is -2.18. The molecule has 0 aliphatic rings. The van der Waals surface area contributed by atoms with Crippen molar-refractivity contribution in [1.29, 1.82) is 0 Å². The van der Waals surface area contributed by atoms with E-state index in [1.165, 1.54) is 5.56 Å². The molecule has 2 nitrogen and oxygen atoms in total. The average molecular weight is 221 g/mol. The highest BCUT2D eigenvalue weighted by atomic mass is 16.5. The van der Waals surface area contributed by atoms with Crippen LogP contribution in [0, 0.1) is 0 Å². The van der Waals surface area contributed by atoms with E-state index in [1.54, 1.807) is 0 Å². The van der Waals surface area contributed by atoms with E-state index in [1.807, 2.05) is 13.1 Å². The molecule has 0 bridgehead atoms. The van der Waals surface area contributed by atoms with Crippen molar-refractivity contribution in [3.8, 4) is 5.75 Å². The second kappa shape index (κ2) is 6.54. The van der Waals surface area contributed by atoms with E-state index in [0.29, 0.717) is 6.04 Å². The highest BCUT2D eigenvalue weighted by Crippen LogP contribution is 2.27. The van der Waals surface area contributed by atoms with Crippen molar-refractivity contribution in [3.63, 3.8) is 0 Å². The highest BCUT2D eigenvalue weighted by Gasteiger charge is 2.13. The molecule has 0 fully saturated rings. The summed E-state index contributed by atoms with van der Waals surface area (Å²) in [6, 6.07) is 8.67. The molecular formula is C14H23NO. The third kappa shape index (κ3) is 3.24. The molecule has 0 heterocycles. The van der Waals surface area contributed by atoms with Gasteiger partial charge in [-0.15, -0.1) is 0 Å². The maximum absolute atomic E-state index is 5.94. The van der Waals surface area contributed by atoms with Crippen molar-refractivity contribution in [2.24, 2.45) is 0 Å². The molecule has 0 saturated heterocycles. The van der Waals surface area contributed by atoms with Crippen molar-refractivity contribution in [2.75, 3.05) is 7.05 Å². The molecular weight excluding hydrogens is 198 g/mol. The van der Waals surface area contributed by atoms with E-state index in [4.69, 9.17) is 4.74 Å². The molecule has 0 saturated carbocycles. The first-order valence-corrected chi connectivity index (χ1v) is 6.15. The minimum atomic E-state index is 0.274. The minimum Gasteiger partial charge on any atom is -0.490 e. The summed E-state index contributed by atoms with van der Waals surface area (Å²) < 4.78 is 5.94. The zero-order valence-corrected chi connectivity index (χ0v) is 10.8. The molecule has 2 unspecified atom stereocenters. The number of hydrogen-bond donors (Lipinski definition) is 1. The summed E-state index contributed by atoms with van der Waals surface area (Å²) in [6.07, 6.45) is 2.37. The van der Waals surface area contributed by atoms with Crippen LogP contribution in [0.15, 0.2) is 24.3 Å². The second-order valence-electron chi connectivity index (χ2n) is 4.12. The molecule has 2 heteroatoms. The van der Waals surface area contributed by atoms with Crippen LogP contribution in [0.5, 0.6) is 5.75 Å². The molecule has 0 spiro atoms. The average Bonchev–Trinajstić information content (AvgIpc) is 2.32. The van der Waals surface area contributed by atoms with Crippen molar-refractivity contribution in [3.05, 3.63) is 29.8 Å². The fourth-order valence-electron chi connectivity index (χ4n) is 1.76. The number of benzene rings is 1. The van der Waals surface area contributed by atoms with Crippen LogP contribution in [0.25, 0.3) is 0 Å². The van der Waals surface area contributed by atoms with Crippen molar-refractivity contribution in [1.82, 2.24) is 5.32 Å². The van der Waals surface area contributed by atoms with Gasteiger partial charge in [-0.05, 0) is 32.9 Å². The van der Waals surface area contributed by atoms with E-state index in [9.17, 15) is 0 Å². The Bertz CT molecular complexity index is 307. The smallest absolute Gasteiger partial charge is 0.124 e. The topological polar surface area (TPSA) is 21.3 Å². The van der Waals surface area contributed by atoms with Crippen LogP contribution in [-0.4, -0.2) is 13.2 Å². The molecule has 1 rings (SSSR count). The fourth-order valence-corrected chi connectivity index (χ4v) is 1.76. The number of hydrogen-bond acceptors (Lipinski definition) is 2. The van der Waals surface area contributed by atoms with Gasteiger partial charge in [0.05, 0.1) is 6.10 Å². The second-order valence-corrected chi connectivity index (χ2v) is 4.12. The number of nitrogens with one attached hydrogen (secondary N) is 1. The van der Waals surface area contributed by atoms with Gasteiger partial charge in [-0.1, -0.05) is 32.0 Å². The predicted molar refractivity (Wildman–Crippen MR) is 68.9 cm³/mol. The number of para-hydroxylation sites is 1. The molecule has 1 aromatic rings. The first kappa shape index (κ1) is 13.0. The summed E-state index contributed by atoms with van der Waals surface area (Å²) in [5.41, 5.74) is 1.26. The summed E-state index contributed by atoms with van der Waals surface area (Å²) in [6.45, 7) is 6.43. The molecule has 0 aliphatic heterocycles. The van der Waals surface area contributed by atoms with E-state index in [2.05, 4.69) is 44.3 Å². The van der Waals surface area contributed by atoms with Crippen LogP contribution in [0.3, 0.4) is 0 Å². The van der Waals surface area contributed by atoms with Crippen LogP contribution in [-0.2, 0) is 0 Å². The quantitative estimate of drug-likeness (QED) is 0.793. The van der Waals surface area contributed by atoms with Crippen molar-refractivity contribution in [2.45, 2.75) is 45.8 Å². The van der Waals surface area contributed by atoms with Gasteiger partial charge in [-0.3, -0.25) is 0 Å². The lowest BCUT2D eigenvalue weighted by Gasteiger charge is -2.21. The summed E-state index contributed by atoms with van der Waals surface area (Å²) in [5.74, 6) is 1.01. The van der Waals surface area contributed by atoms with Crippen LogP contribution < -0.4 is 10.1 Å². The first-order valence-electron chi connectivity index (χ1n) is 6.15. The number of ether oxygens (including phenoxy) is 1. The summed E-state index contributed by atoms with van der Waals surface area (Å²) in [4.78, 5) is 0. The van der Waals surface area contributed by atoms with Crippen LogP contribution in [0.2, 0.25) is 0 Å². The zero-order chi connectivity index (χ0) is 12.0. The normalized spacial score (nSPS) is 14.5. The van der Waals surface area contributed by atoms with E-state index >= 15 is 0 Å². The van der Waals surface area contributed by atoms with E-state index in [0.717, 1.165) is 18.6 Å². The van der Waals surface area contributed by atoms with Gasteiger partial charge in [0.25, 0.3) is 0 Å². The lowest BCUT2D eigenvalue weighted by molar-refractivity contribution is 0.213. The lowest BCUT2D eigenvalue weighted by atomic mass is 10.0. The molecule has 0 aliphatic carbocycles. The number of rotatable bonds is 6. The standard InChI is InChI=1S/C14H23NO/c1-5-11(3)16-14-10-8-7-9-12(14)13(6-2)15-4/h7-11,13,15H,5-6H2,1-4H3. The Labute approximate surface area is 99.0 Å².